The Morgan fingerprint density at radius 1 is 0.931 bits per heavy atom. The molecule has 1 heterocycles. The summed E-state index contributed by atoms with van der Waals surface area (Å²) < 4.78 is 5.81. The summed E-state index contributed by atoms with van der Waals surface area (Å²) in [5, 5.41) is 0. The number of aromatic nitrogens is 1. The Morgan fingerprint density at radius 2 is 1.59 bits per heavy atom. The van der Waals surface area contributed by atoms with Gasteiger partial charge in [-0.25, -0.2) is 4.98 Å². The fourth-order valence-electron chi connectivity index (χ4n) is 3.22. The molecule has 3 aromatic rings. The zero-order chi connectivity index (χ0) is 20.6. The summed E-state index contributed by atoms with van der Waals surface area (Å²) in [7, 11) is 5.97. The summed E-state index contributed by atoms with van der Waals surface area (Å²) in [4.78, 5) is 20.7. The monoisotopic (exact) mass is 391 g/mol. The Labute approximate surface area is 173 Å². The van der Waals surface area contributed by atoms with Gasteiger partial charge in [0, 0.05) is 38.5 Å². The van der Waals surface area contributed by atoms with Gasteiger partial charge in [-0.05, 0) is 31.6 Å². The molecule has 0 saturated heterocycles. The van der Waals surface area contributed by atoms with E-state index in [1.165, 1.54) is 5.56 Å². The average molecular weight is 392 g/mol. The maximum atomic E-state index is 12.4. The fourth-order valence-corrected chi connectivity index (χ4v) is 3.22. The number of aryl methyl sites for hydroxylation is 1. The van der Waals surface area contributed by atoms with Crippen LogP contribution < -0.4 is 0 Å². The fraction of sp³-hybridized carbons (Fsp3) is 0.333. The van der Waals surface area contributed by atoms with E-state index in [2.05, 4.69) is 48.2 Å². The second kappa shape index (κ2) is 10.0. The third kappa shape index (κ3) is 6.29. The van der Waals surface area contributed by atoms with Gasteiger partial charge in [0.1, 0.15) is 0 Å². The lowest BCUT2D eigenvalue weighted by molar-refractivity contribution is -0.130. The van der Waals surface area contributed by atoms with E-state index < -0.39 is 0 Å². The van der Waals surface area contributed by atoms with E-state index in [9.17, 15) is 4.79 Å². The highest BCUT2D eigenvalue weighted by Gasteiger charge is 2.11. The van der Waals surface area contributed by atoms with E-state index in [1.807, 2.05) is 37.4 Å². The lowest BCUT2D eigenvalue weighted by atomic mass is 10.1. The highest BCUT2D eigenvalue weighted by Crippen LogP contribution is 2.20. The van der Waals surface area contributed by atoms with E-state index in [0.29, 0.717) is 25.3 Å². The first kappa shape index (κ1) is 20.8. The van der Waals surface area contributed by atoms with Crippen LogP contribution in [0.5, 0.6) is 0 Å². The molecule has 152 valence electrons. The molecule has 5 nitrogen and oxygen atoms in total. The third-order valence-electron chi connectivity index (χ3n) is 4.76. The van der Waals surface area contributed by atoms with Crippen LogP contribution in [0.25, 0.3) is 11.3 Å². The molecule has 0 aliphatic rings. The highest BCUT2D eigenvalue weighted by atomic mass is 16.4. The number of benzene rings is 2. The molecule has 0 N–H and O–H groups in total. The summed E-state index contributed by atoms with van der Waals surface area (Å²) in [6.07, 6.45) is 3.61. The van der Waals surface area contributed by atoms with Crippen LogP contribution in [0.2, 0.25) is 0 Å². The van der Waals surface area contributed by atoms with Crippen molar-refractivity contribution in [1.29, 1.82) is 0 Å². The summed E-state index contributed by atoms with van der Waals surface area (Å²) in [5.74, 6) is 1.58. The van der Waals surface area contributed by atoms with Gasteiger partial charge in [0.05, 0.1) is 6.20 Å². The molecule has 0 aliphatic heterocycles. The Morgan fingerprint density at radius 3 is 2.24 bits per heavy atom. The van der Waals surface area contributed by atoms with Gasteiger partial charge in [-0.2, -0.15) is 0 Å². The van der Waals surface area contributed by atoms with E-state index in [1.54, 1.807) is 11.1 Å². The highest BCUT2D eigenvalue weighted by molar-refractivity contribution is 5.75. The lowest BCUT2D eigenvalue weighted by Crippen LogP contribution is -2.26. The quantitative estimate of drug-likeness (QED) is 0.543. The molecule has 1 amide bonds. The normalized spacial score (nSPS) is 11.0. The van der Waals surface area contributed by atoms with Crippen molar-refractivity contribution in [3.05, 3.63) is 77.8 Å². The van der Waals surface area contributed by atoms with Gasteiger partial charge in [-0.15, -0.1) is 0 Å². The minimum atomic E-state index is 0.136. The molecule has 0 aliphatic carbocycles. The summed E-state index contributed by atoms with van der Waals surface area (Å²) >= 11 is 0. The van der Waals surface area contributed by atoms with Crippen LogP contribution in [0.3, 0.4) is 0 Å². The number of carbonyl (C=O) groups excluding carboxylic acids is 1. The van der Waals surface area contributed by atoms with Crippen molar-refractivity contribution in [1.82, 2.24) is 14.8 Å². The van der Waals surface area contributed by atoms with Crippen molar-refractivity contribution in [2.24, 2.45) is 0 Å². The van der Waals surface area contributed by atoms with Crippen molar-refractivity contribution >= 4 is 5.91 Å². The Balaban J connectivity index is 1.44. The van der Waals surface area contributed by atoms with Crippen LogP contribution in [-0.4, -0.2) is 41.8 Å². The molecule has 0 saturated carbocycles. The smallest absolute Gasteiger partial charge is 0.222 e. The number of oxazole rings is 1. The van der Waals surface area contributed by atoms with Gasteiger partial charge in [0.25, 0.3) is 0 Å². The van der Waals surface area contributed by atoms with Crippen molar-refractivity contribution < 1.29 is 9.21 Å². The zero-order valence-corrected chi connectivity index (χ0v) is 17.5. The number of carbonyl (C=O) groups is 1. The first-order chi connectivity index (χ1) is 14.0. The molecule has 0 unspecified atom stereocenters. The molecule has 29 heavy (non-hydrogen) atoms. The summed E-state index contributed by atoms with van der Waals surface area (Å²) in [5.41, 5.74) is 3.43. The molecule has 0 atom stereocenters. The minimum Gasteiger partial charge on any atom is -0.441 e. The maximum Gasteiger partial charge on any atom is 0.222 e. The maximum absolute atomic E-state index is 12.4. The van der Waals surface area contributed by atoms with Crippen LogP contribution in [0, 0.1) is 0 Å². The van der Waals surface area contributed by atoms with Gasteiger partial charge < -0.3 is 14.2 Å². The lowest BCUT2D eigenvalue weighted by Gasteiger charge is -2.17. The molecular formula is C24H29N3O2. The predicted octanol–water partition coefficient (Wildman–Crippen LogP) is 4.38. The largest absolute Gasteiger partial charge is 0.441 e. The minimum absolute atomic E-state index is 0.136. The number of rotatable bonds is 9. The zero-order valence-electron chi connectivity index (χ0n) is 17.5. The second-order valence-corrected chi connectivity index (χ2v) is 7.64. The van der Waals surface area contributed by atoms with Crippen molar-refractivity contribution in [2.75, 3.05) is 21.1 Å². The van der Waals surface area contributed by atoms with E-state index in [4.69, 9.17) is 4.42 Å². The molecule has 0 radical (unpaired) electrons. The van der Waals surface area contributed by atoms with Gasteiger partial charge in [-0.1, -0.05) is 54.6 Å². The van der Waals surface area contributed by atoms with E-state index in [-0.39, 0.29) is 5.91 Å². The molecule has 5 heteroatoms. The van der Waals surface area contributed by atoms with E-state index >= 15 is 0 Å². The van der Waals surface area contributed by atoms with Crippen LogP contribution >= 0.6 is 0 Å². The Hall–Kier alpha value is -2.92. The number of amides is 1. The summed E-state index contributed by atoms with van der Waals surface area (Å²) in [6.45, 7) is 1.54. The molecule has 1 aromatic heterocycles. The van der Waals surface area contributed by atoms with E-state index in [0.717, 1.165) is 29.9 Å². The van der Waals surface area contributed by atoms with Gasteiger partial charge in [0.2, 0.25) is 5.91 Å². The molecule has 0 bridgehead atoms. The standard InChI is InChI=1S/C24H29N3O2/c1-26(2)17-19-12-14-20(15-13-19)18-27(3)24(28)11-7-10-23-25-16-22(29-23)21-8-5-4-6-9-21/h4-6,8-9,12-16H,7,10-11,17-18H2,1-3H3. The van der Waals surface area contributed by atoms with Gasteiger partial charge in [-0.3, -0.25) is 4.79 Å². The van der Waals surface area contributed by atoms with Crippen molar-refractivity contribution in [3.63, 3.8) is 0 Å². The second-order valence-electron chi connectivity index (χ2n) is 7.64. The average Bonchev–Trinajstić information content (AvgIpc) is 3.18. The SMILES string of the molecule is CN(C)Cc1ccc(CN(C)C(=O)CCCc2ncc(-c3ccccc3)o2)cc1. The van der Waals surface area contributed by atoms with Crippen molar-refractivity contribution in [3.8, 4) is 11.3 Å². The van der Waals surface area contributed by atoms with Crippen molar-refractivity contribution in [2.45, 2.75) is 32.4 Å². The van der Waals surface area contributed by atoms with Crippen LogP contribution in [0.15, 0.2) is 65.2 Å². The summed E-state index contributed by atoms with van der Waals surface area (Å²) in [6, 6.07) is 18.4. The third-order valence-corrected chi connectivity index (χ3v) is 4.76. The van der Waals surface area contributed by atoms with Gasteiger partial charge >= 0.3 is 0 Å². The Bertz CT molecular complexity index is 901. The number of hydrogen-bond donors (Lipinski definition) is 0. The molecule has 2 aromatic carbocycles. The predicted molar refractivity (Wildman–Crippen MR) is 115 cm³/mol. The molecular weight excluding hydrogens is 362 g/mol. The molecule has 0 spiro atoms. The molecule has 3 rings (SSSR count). The molecule has 0 fully saturated rings. The van der Waals surface area contributed by atoms with Crippen LogP contribution in [-0.2, 0) is 24.3 Å². The number of nitrogens with zero attached hydrogens (tertiary/aromatic N) is 3. The first-order valence-electron chi connectivity index (χ1n) is 9.98. The van der Waals surface area contributed by atoms with Crippen LogP contribution in [0.1, 0.15) is 29.9 Å². The topological polar surface area (TPSA) is 49.6 Å². The van der Waals surface area contributed by atoms with Gasteiger partial charge in [0.15, 0.2) is 11.7 Å². The Kier molecular flexibility index (Phi) is 7.19. The number of hydrogen-bond acceptors (Lipinski definition) is 4. The van der Waals surface area contributed by atoms with Crippen LogP contribution in [0.4, 0.5) is 0 Å². The first-order valence-corrected chi connectivity index (χ1v) is 9.98.